The van der Waals surface area contributed by atoms with Gasteiger partial charge in [-0.1, -0.05) is 18.2 Å². The van der Waals surface area contributed by atoms with E-state index in [4.69, 9.17) is 9.15 Å². The third-order valence-electron chi connectivity index (χ3n) is 3.83. The van der Waals surface area contributed by atoms with Crippen LogP contribution in [0, 0.1) is 13.8 Å². The zero-order valence-corrected chi connectivity index (χ0v) is 15.0. The Bertz CT molecular complexity index is 957. The minimum Gasteiger partial charge on any atom is -0.465 e. The number of ether oxygens (including phenoxy) is 1. The third-order valence-corrected chi connectivity index (χ3v) is 3.83. The van der Waals surface area contributed by atoms with Gasteiger partial charge in [-0.05, 0) is 44.2 Å². The first-order chi connectivity index (χ1) is 13.0. The molecule has 0 fully saturated rings. The molecule has 0 bridgehead atoms. The van der Waals surface area contributed by atoms with Gasteiger partial charge in [0.05, 0.1) is 29.0 Å². The van der Waals surface area contributed by atoms with Gasteiger partial charge in [0.1, 0.15) is 5.76 Å². The van der Waals surface area contributed by atoms with Crippen molar-refractivity contribution in [2.75, 3.05) is 11.9 Å². The molecular weight excluding hydrogens is 346 g/mol. The predicted octanol–water partition coefficient (Wildman–Crippen LogP) is 3.28. The number of esters is 1. The number of hydrogen-bond acceptors (Lipinski definition) is 5. The van der Waals surface area contributed by atoms with Gasteiger partial charge in [-0.15, -0.1) is 0 Å². The lowest BCUT2D eigenvalue weighted by molar-refractivity contribution is -0.142. The van der Waals surface area contributed by atoms with Gasteiger partial charge in [0.15, 0.2) is 6.61 Å². The van der Waals surface area contributed by atoms with E-state index in [2.05, 4.69) is 10.4 Å². The maximum Gasteiger partial charge on any atom is 0.331 e. The van der Waals surface area contributed by atoms with Crippen LogP contribution in [0.3, 0.4) is 0 Å². The molecule has 1 amide bonds. The smallest absolute Gasteiger partial charge is 0.331 e. The van der Waals surface area contributed by atoms with Crippen LogP contribution >= 0.6 is 0 Å². The minimum atomic E-state index is -0.630. The quantitative estimate of drug-likeness (QED) is 0.535. The Labute approximate surface area is 156 Å². The molecule has 0 aliphatic rings. The van der Waals surface area contributed by atoms with Crippen LogP contribution in [0.15, 0.2) is 59.2 Å². The Hall–Kier alpha value is -3.61. The van der Waals surface area contributed by atoms with Crippen LogP contribution in [0.5, 0.6) is 0 Å². The fraction of sp³-hybridized carbons (Fsp3) is 0.150. The Morgan fingerprint density at radius 3 is 2.67 bits per heavy atom. The number of hydrogen-bond donors (Lipinski definition) is 1. The lowest BCUT2D eigenvalue weighted by Crippen LogP contribution is -2.20. The van der Waals surface area contributed by atoms with Crippen LogP contribution in [0.4, 0.5) is 5.69 Å². The topological polar surface area (TPSA) is 86.4 Å². The van der Waals surface area contributed by atoms with Crippen LogP contribution in [0.2, 0.25) is 0 Å². The van der Waals surface area contributed by atoms with Crippen LogP contribution in [-0.2, 0) is 14.3 Å². The van der Waals surface area contributed by atoms with Crippen molar-refractivity contribution in [3.8, 4) is 5.69 Å². The Morgan fingerprint density at radius 1 is 1.19 bits per heavy atom. The molecular formula is C20H19N3O4. The van der Waals surface area contributed by atoms with E-state index in [1.165, 1.54) is 18.4 Å². The summed E-state index contributed by atoms with van der Waals surface area (Å²) in [6.07, 6.45) is 4.17. The van der Waals surface area contributed by atoms with Crippen molar-refractivity contribution >= 4 is 23.6 Å². The SMILES string of the molecule is Cc1nn(-c2ccccc2)c(C)c1NC(=O)COC(=O)/C=C/c1ccco1. The number of carbonyl (C=O) groups excluding carboxylic acids is 2. The molecule has 3 rings (SSSR count). The fourth-order valence-electron chi connectivity index (χ4n) is 2.54. The zero-order chi connectivity index (χ0) is 19.2. The van der Waals surface area contributed by atoms with Crippen LogP contribution in [0.1, 0.15) is 17.1 Å². The summed E-state index contributed by atoms with van der Waals surface area (Å²) in [4.78, 5) is 23.8. The van der Waals surface area contributed by atoms with E-state index in [1.807, 2.05) is 37.3 Å². The summed E-state index contributed by atoms with van der Waals surface area (Å²) in [5.41, 5.74) is 2.96. The number of rotatable bonds is 6. The summed E-state index contributed by atoms with van der Waals surface area (Å²) in [6.45, 7) is 3.28. The molecule has 1 N–H and O–H groups in total. The molecule has 2 aromatic heterocycles. The molecule has 1 aromatic carbocycles. The predicted molar refractivity (Wildman–Crippen MR) is 100 cm³/mol. The molecule has 0 atom stereocenters. The summed E-state index contributed by atoms with van der Waals surface area (Å²) in [5.74, 6) is -0.542. The van der Waals surface area contributed by atoms with Crippen molar-refractivity contribution < 1.29 is 18.7 Å². The Morgan fingerprint density at radius 2 is 1.96 bits per heavy atom. The second kappa shape index (κ2) is 8.18. The van der Waals surface area contributed by atoms with Gasteiger partial charge in [0.2, 0.25) is 0 Å². The number of benzene rings is 1. The highest BCUT2D eigenvalue weighted by atomic mass is 16.5. The molecule has 0 spiro atoms. The second-order valence-electron chi connectivity index (χ2n) is 5.80. The maximum atomic E-state index is 12.1. The van der Waals surface area contributed by atoms with Gasteiger partial charge in [-0.3, -0.25) is 4.79 Å². The van der Waals surface area contributed by atoms with Crippen LogP contribution < -0.4 is 5.32 Å². The normalized spacial score (nSPS) is 10.9. The zero-order valence-electron chi connectivity index (χ0n) is 15.0. The Balaban J connectivity index is 1.60. The largest absolute Gasteiger partial charge is 0.465 e. The number of para-hydroxylation sites is 1. The standard InChI is InChI=1S/C20H19N3O4/c1-14-20(15(2)23(22-14)16-7-4-3-5-8-16)21-18(24)13-27-19(25)11-10-17-9-6-12-26-17/h3-12H,13H2,1-2H3,(H,21,24)/b11-10+. The van der Waals surface area contributed by atoms with E-state index in [-0.39, 0.29) is 0 Å². The summed E-state index contributed by atoms with van der Waals surface area (Å²) in [7, 11) is 0. The van der Waals surface area contributed by atoms with Gasteiger partial charge in [0, 0.05) is 6.08 Å². The average molecular weight is 365 g/mol. The van der Waals surface area contributed by atoms with Crippen LogP contribution in [-0.4, -0.2) is 28.3 Å². The maximum absolute atomic E-state index is 12.1. The highest BCUT2D eigenvalue weighted by Crippen LogP contribution is 2.22. The number of aryl methyl sites for hydroxylation is 1. The summed E-state index contributed by atoms with van der Waals surface area (Å²) in [5, 5.41) is 7.21. The van der Waals surface area contributed by atoms with Gasteiger partial charge < -0.3 is 14.5 Å². The van der Waals surface area contributed by atoms with Crippen molar-refractivity contribution in [1.29, 1.82) is 0 Å². The molecule has 2 heterocycles. The van der Waals surface area contributed by atoms with E-state index in [1.54, 1.807) is 23.7 Å². The molecule has 7 heteroatoms. The first-order valence-electron chi connectivity index (χ1n) is 8.34. The highest BCUT2D eigenvalue weighted by molar-refractivity contribution is 5.95. The number of carbonyl (C=O) groups is 2. The average Bonchev–Trinajstić information content (AvgIpc) is 3.29. The number of nitrogens with one attached hydrogen (secondary N) is 1. The van der Waals surface area contributed by atoms with Gasteiger partial charge in [-0.25, -0.2) is 9.48 Å². The molecule has 3 aromatic rings. The van der Waals surface area contributed by atoms with E-state index in [9.17, 15) is 9.59 Å². The van der Waals surface area contributed by atoms with Gasteiger partial charge in [0.25, 0.3) is 5.91 Å². The minimum absolute atomic E-state index is 0.392. The molecule has 0 unspecified atom stereocenters. The Kier molecular flexibility index (Phi) is 5.51. The third kappa shape index (κ3) is 4.52. The summed E-state index contributed by atoms with van der Waals surface area (Å²) < 4.78 is 11.8. The van der Waals surface area contributed by atoms with E-state index >= 15 is 0 Å². The molecule has 138 valence electrons. The van der Waals surface area contributed by atoms with E-state index in [0.717, 1.165) is 11.4 Å². The number of aromatic nitrogens is 2. The monoisotopic (exact) mass is 365 g/mol. The van der Waals surface area contributed by atoms with Crippen molar-refractivity contribution in [3.05, 3.63) is 72.0 Å². The molecule has 0 saturated carbocycles. The van der Waals surface area contributed by atoms with Crippen molar-refractivity contribution in [3.63, 3.8) is 0 Å². The molecule has 0 saturated heterocycles. The fourth-order valence-corrected chi connectivity index (χ4v) is 2.54. The van der Waals surface area contributed by atoms with Gasteiger partial charge >= 0.3 is 5.97 Å². The van der Waals surface area contributed by atoms with Crippen molar-refractivity contribution in [1.82, 2.24) is 9.78 Å². The number of amides is 1. The molecule has 27 heavy (non-hydrogen) atoms. The molecule has 0 aliphatic heterocycles. The highest BCUT2D eigenvalue weighted by Gasteiger charge is 2.15. The van der Waals surface area contributed by atoms with Gasteiger partial charge in [-0.2, -0.15) is 5.10 Å². The molecule has 0 radical (unpaired) electrons. The lowest BCUT2D eigenvalue weighted by Gasteiger charge is -2.07. The number of anilines is 1. The second-order valence-corrected chi connectivity index (χ2v) is 5.80. The molecule has 7 nitrogen and oxygen atoms in total. The van der Waals surface area contributed by atoms with Crippen LogP contribution in [0.25, 0.3) is 11.8 Å². The van der Waals surface area contributed by atoms with E-state index in [0.29, 0.717) is 17.1 Å². The lowest BCUT2D eigenvalue weighted by atomic mass is 10.3. The van der Waals surface area contributed by atoms with Crippen molar-refractivity contribution in [2.45, 2.75) is 13.8 Å². The number of nitrogens with zero attached hydrogens (tertiary/aromatic N) is 2. The van der Waals surface area contributed by atoms with E-state index < -0.39 is 18.5 Å². The summed E-state index contributed by atoms with van der Waals surface area (Å²) >= 11 is 0. The first kappa shape index (κ1) is 18.2. The summed E-state index contributed by atoms with van der Waals surface area (Å²) in [6, 6.07) is 13.0. The number of furan rings is 1. The van der Waals surface area contributed by atoms with Crippen molar-refractivity contribution in [2.24, 2.45) is 0 Å². The first-order valence-corrected chi connectivity index (χ1v) is 8.34. The molecule has 0 aliphatic carbocycles.